The van der Waals surface area contributed by atoms with Crippen molar-refractivity contribution < 1.29 is 9.90 Å². The number of nitrogens with zero attached hydrogens (tertiary/aromatic N) is 1. The topological polar surface area (TPSA) is 50.2 Å². The lowest BCUT2D eigenvalue weighted by atomic mass is 10.2. The van der Waals surface area contributed by atoms with Gasteiger partial charge in [-0.1, -0.05) is 18.2 Å². The number of thioether (sulfide) groups is 2. The molecular formula is C14H15NO2S2. The van der Waals surface area contributed by atoms with Gasteiger partial charge in [-0.2, -0.15) is 0 Å². The van der Waals surface area contributed by atoms with Crippen molar-refractivity contribution >= 4 is 35.1 Å². The standard InChI is InChI=1S/C14H15NO2S2/c1-3-9-18-14(19-10-4-2)12(13(16)17)11-7-5-6-8-15-11/h3-8H,1-2,9-10H2,(H,16,17). The Balaban J connectivity index is 3.19. The van der Waals surface area contributed by atoms with Crippen LogP contribution in [-0.4, -0.2) is 27.6 Å². The van der Waals surface area contributed by atoms with Gasteiger partial charge in [0.2, 0.25) is 0 Å². The fraction of sp³-hybridized carbons (Fsp3) is 0.143. The van der Waals surface area contributed by atoms with Gasteiger partial charge in [-0.05, 0) is 12.1 Å². The molecule has 0 aliphatic carbocycles. The maximum Gasteiger partial charge on any atom is 0.339 e. The number of aromatic nitrogens is 1. The number of carboxylic acids is 1. The molecule has 0 aliphatic rings. The number of hydrogen-bond acceptors (Lipinski definition) is 4. The van der Waals surface area contributed by atoms with Crippen LogP contribution >= 0.6 is 23.5 Å². The van der Waals surface area contributed by atoms with Crippen LogP contribution < -0.4 is 0 Å². The lowest BCUT2D eigenvalue weighted by molar-refractivity contribution is -0.130. The molecule has 100 valence electrons. The summed E-state index contributed by atoms with van der Waals surface area (Å²) in [5, 5.41) is 9.42. The van der Waals surface area contributed by atoms with Crippen LogP contribution in [0, 0.1) is 0 Å². The van der Waals surface area contributed by atoms with Gasteiger partial charge in [0.05, 0.1) is 9.93 Å². The van der Waals surface area contributed by atoms with Gasteiger partial charge >= 0.3 is 5.97 Å². The number of hydrogen-bond donors (Lipinski definition) is 1. The van der Waals surface area contributed by atoms with Crippen molar-refractivity contribution in [2.24, 2.45) is 0 Å². The molecule has 1 heterocycles. The normalized spacial score (nSPS) is 9.68. The summed E-state index contributed by atoms with van der Waals surface area (Å²) in [6, 6.07) is 5.24. The van der Waals surface area contributed by atoms with E-state index in [9.17, 15) is 9.90 Å². The minimum Gasteiger partial charge on any atom is -0.478 e. The van der Waals surface area contributed by atoms with Crippen molar-refractivity contribution in [3.63, 3.8) is 0 Å². The highest BCUT2D eigenvalue weighted by atomic mass is 32.2. The first-order valence-corrected chi connectivity index (χ1v) is 7.54. The van der Waals surface area contributed by atoms with Crippen molar-refractivity contribution in [2.45, 2.75) is 0 Å². The molecule has 0 saturated carbocycles. The number of rotatable bonds is 8. The van der Waals surface area contributed by atoms with Crippen LogP contribution in [0.2, 0.25) is 0 Å². The van der Waals surface area contributed by atoms with Gasteiger partial charge in [0, 0.05) is 17.7 Å². The Labute approximate surface area is 121 Å². The first-order chi connectivity index (χ1) is 9.20. The van der Waals surface area contributed by atoms with Gasteiger partial charge in [-0.15, -0.1) is 36.7 Å². The third kappa shape index (κ3) is 4.96. The highest BCUT2D eigenvalue weighted by Crippen LogP contribution is 2.35. The predicted octanol–water partition coefficient (Wildman–Crippen LogP) is 3.67. The van der Waals surface area contributed by atoms with Gasteiger partial charge in [0.15, 0.2) is 0 Å². The average molecular weight is 293 g/mol. The molecule has 0 saturated heterocycles. The minimum atomic E-state index is -0.971. The largest absolute Gasteiger partial charge is 0.478 e. The molecule has 1 rings (SSSR count). The van der Waals surface area contributed by atoms with Crippen LogP contribution in [0.1, 0.15) is 5.69 Å². The first-order valence-electron chi connectivity index (χ1n) is 5.57. The monoisotopic (exact) mass is 293 g/mol. The molecule has 0 aromatic carbocycles. The van der Waals surface area contributed by atoms with Gasteiger partial charge in [0.1, 0.15) is 5.57 Å². The summed E-state index contributed by atoms with van der Waals surface area (Å²) in [6.45, 7) is 7.31. The average Bonchev–Trinajstić information content (AvgIpc) is 2.42. The summed E-state index contributed by atoms with van der Waals surface area (Å²) >= 11 is 2.90. The second kappa shape index (κ2) is 8.61. The van der Waals surface area contributed by atoms with E-state index in [0.717, 1.165) is 4.24 Å². The number of aliphatic carboxylic acids is 1. The Morgan fingerprint density at radius 3 is 2.32 bits per heavy atom. The van der Waals surface area contributed by atoms with E-state index in [2.05, 4.69) is 18.1 Å². The number of carboxylic acid groups (broad SMARTS) is 1. The van der Waals surface area contributed by atoms with E-state index in [0.29, 0.717) is 17.2 Å². The third-order valence-corrected chi connectivity index (χ3v) is 4.45. The Hall–Kier alpha value is -1.46. The quantitative estimate of drug-likeness (QED) is 0.585. The molecule has 0 amide bonds. The first kappa shape index (κ1) is 15.6. The molecule has 5 heteroatoms. The van der Waals surface area contributed by atoms with Gasteiger partial charge in [-0.25, -0.2) is 4.79 Å². The second-order valence-corrected chi connectivity index (χ2v) is 5.70. The highest BCUT2D eigenvalue weighted by molar-refractivity contribution is 8.22. The van der Waals surface area contributed by atoms with Crippen molar-refractivity contribution in [3.05, 3.63) is 59.6 Å². The molecule has 1 aromatic heterocycles. The number of pyridine rings is 1. The van der Waals surface area contributed by atoms with E-state index >= 15 is 0 Å². The van der Waals surface area contributed by atoms with Crippen molar-refractivity contribution in [2.75, 3.05) is 11.5 Å². The van der Waals surface area contributed by atoms with Crippen molar-refractivity contribution in [3.8, 4) is 0 Å². The molecule has 0 radical (unpaired) electrons. The summed E-state index contributed by atoms with van der Waals surface area (Å²) in [5.74, 6) is 0.341. The molecule has 3 nitrogen and oxygen atoms in total. The van der Waals surface area contributed by atoms with E-state index < -0.39 is 5.97 Å². The Morgan fingerprint density at radius 2 is 1.89 bits per heavy atom. The summed E-state index contributed by atoms with van der Waals surface area (Å²) in [4.78, 5) is 15.6. The molecule has 0 fully saturated rings. The molecule has 1 N–H and O–H groups in total. The maximum atomic E-state index is 11.5. The van der Waals surface area contributed by atoms with Crippen LogP contribution in [0.5, 0.6) is 0 Å². The lowest BCUT2D eigenvalue weighted by Crippen LogP contribution is -2.03. The molecule has 0 spiro atoms. The van der Waals surface area contributed by atoms with E-state index in [1.807, 2.05) is 0 Å². The third-order valence-electron chi connectivity index (χ3n) is 2.00. The number of carbonyl (C=O) groups is 1. The van der Waals surface area contributed by atoms with E-state index in [4.69, 9.17) is 0 Å². The van der Waals surface area contributed by atoms with Crippen molar-refractivity contribution in [1.82, 2.24) is 4.98 Å². The zero-order valence-electron chi connectivity index (χ0n) is 10.4. The summed E-state index contributed by atoms with van der Waals surface area (Å²) in [7, 11) is 0. The zero-order valence-corrected chi connectivity index (χ0v) is 12.0. The molecular weight excluding hydrogens is 278 g/mol. The minimum absolute atomic E-state index is 0.235. The summed E-state index contributed by atoms with van der Waals surface area (Å²) in [6.07, 6.45) is 5.08. The SMILES string of the molecule is C=CCSC(SCC=C)=C(C(=O)O)c1ccccn1. The smallest absolute Gasteiger partial charge is 0.339 e. The molecule has 0 aliphatic heterocycles. The maximum absolute atomic E-state index is 11.5. The van der Waals surface area contributed by atoms with Crippen LogP contribution in [0.15, 0.2) is 53.9 Å². The Kier molecular flexibility index (Phi) is 7.07. The van der Waals surface area contributed by atoms with Crippen LogP contribution in [0.3, 0.4) is 0 Å². The van der Waals surface area contributed by atoms with Gasteiger partial charge in [-0.3, -0.25) is 4.98 Å². The summed E-state index contributed by atoms with van der Waals surface area (Å²) < 4.78 is 0.728. The van der Waals surface area contributed by atoms with Crippen LogP contribution in [0.4, 0.5) is 0 Å². The van der Waals surface area contributed by atoms with Crippen LogP contribution in [-0.2, 0) is 4.79 Å². The predicted molar refractivity (Wildman–Crippen MR) is 84.1 cm³/mol. The van der Waals surface area contributed by atoms with Crippen LogP contribution in [0.25, 0.3) is 5.57 Å². The summed E-state index contributed by atoms with van der Waals surface area (Å²) in [5.41, 5.74) is 0.706. The zero-order chi connectivity index (χ0) is 14.1. The second-order valence-electron chi connectivity index (χ2n) is 3.38. The Morgan fingerprint density at radius 1 is 1.26 bits per heavy atom. The van der Waals surface area contributed by atoms with E-state index in [1.54, 1.807) is 36.5 Å². The Bertz CT molecular complexity index is 469. The van der Waals surface area contributed by atoms with Gasteiger partial charge < -0.3 is 5.11 Å². The lowest BCUT2D eigenvalue weighted by Gasteiger charge is -2.09. The molecule has 1 aromatic rings. The molecule has 0 bridgehead atoms. The van der Waals surface area contributed by atoms with E-state index in [-0.39, 0.29) is 5.57 Å². The van der Waals surface area contributed by atoms with E-state index in [1.165, 1.54) is 23.5 Å². The molecule has 19 heavy (non-hydrogen) atoms. The fourth-order valence-corrected chi connectivity index (χ4v) is 3.22. The molecule has 0 atom stereocenters. The highest BCUT2D eigenvalue weighted by Gasteiger charge is 2.18. The fourth-order valence-electron chi connectivity index (χ4n) is 1.27. The van der Waals surface area contributed by atoms with Gasteiger partial charge in [0.25, 0.3) is 0 Å². The molecule has 0 unspecified atom stereocenters. The van der Waals surface area contributed by atoms with Crippen molar-refractivity contribution in [1.29, 1.82) is 0 Å².